The van der Waals surface area contributed by atoms with Crippen molar-refractivity contribution in [3.8, 4) is 0 Å². The maximum atomic E-state index is 11.3. The molecule has 0 saturated carbocycles. The van der Waals surface area contributed by atoms with Crippen LogP contribution in [0, 0.1) is 3.57 Å². The van der Waals surface area contributed by atoms with Gasteiger partial charge in [-0.1, -0.05) is 22.0 Å². The van der Waals surface area contributed by atoms with Crippen molar-refractivity contribution in [2.45, 2.75) is 0 Å². The van der Waals surface area contributed by atoms with Gasteiger partial charge in [0.15, 0.2) is 5.58 Å². The fraction of sp³-hybridized carbons (Fsp3) is 0.111. The predicted octanol–water partition coefficient (Wildman–Crippen LogP) is 3.01. The molecule has 0 atom stereocenters. The number of fused-ring (bicyclic) bond motifs is 1. The lowest BCUT2D eigenvalue weighted by Crippen LogP contribution is -1.99. The number of halogens is 2. The summed E-state index contributed by atoms with van der Waals surface area (Å²) < 4.78 is 6.31. The number of Topliss-reactive ketones (excluding diaryl/α,β-unsaturated/α-hetero) is 1. The maximum absolute atomic E-state index is 11.3. The fourth-order valence-corrected chi connectivity index (χ4v) is 1.93. The molecule has 0 fully saturated rings. The molecule has 0 N–H and O–H groups in total. The normalized spacial score (nSPS) is 10.7. The van der Waals surface area contributed by atoms with Crippen molar-refractivity contribution < 1.29 is 9.21 Å². The lowest BCUT2D eigenvalue weighted by atomic mass is 10.3. The molecular weight excluding hydrogens is 361 g/mol. The second-order valence-electron chi connectivity index (χ2n) is 2.66. The Morgan fingerprint density at radius 2 is 2.36 bits per heavy atom. The van der Waals surface area contributed by atoms with Crippen molar-refractivity contribution in [1.82, 2.24) is 4.98 Å². The number of alkyl halides is 1. The molecule has 0 aliphatic carbocycles. The zero-order valence-corrected chi connectivity index (χ0v) is 10.7. The number of nitrogens with zero attached hydrogens (tertiary/aromatic N) is 1. The Balaban J connectivity index is 2.62. The van der Waals surface area contributed by atoms with Gasteiger partial charge in [0.2, 0.25) is 5.78 Å². The van der Waals surface area contributed by atoms with Crippen LogP contribution in [0.3, 0.4) is 0 Å². The lowest BCUT2D eigenvalue weighted by molar-refractivity contribution is 0.0989. The van der Waals surface area contributed by atoms with Crippen LogP contribution in [0.2, 0.25) is 0 Å². The molecule has 0 amide bonds. The number of rotatable bonds is 2. The van der Waals surface area contributed by atoms with Crippen LogP contribution < -0.4 is 0 Å². The molecule has 0 unspecified atom stereocenters. The van der Waals surface area contributed by atoms with E-state index in [1.54, 1.807) is 0 Å². The number of benzene rings is 1. The van der Waals surface area contributed by atoms with E-state index in [1.165, 1.54) is 0 Å². The van der Waals surface area contributed by atoms with Crippen LogP contribution in [0.1, 0.15) is 10.7 Å². The van der Waals surface area contributed by atoms with Crippen molar-refractivity contribution in [3.63, 3.8) is 0 Å². The van der Waals surface area contributed by atoms with E-state index in [2.05, 4.69) is 43.5 Å². The van der Waals surface area contributed by atoms with E-state index >= 15 is 0 Å². The zero-order chi connectivity index (χ0) is 10.1. The highest BCUT2D eigenvalue weighted by Crippen LogP contribution is 2.21. The van der Waals surface area contributed by atoms with Gasteiger partial charge in [0.05, 0.1) is 8.90 Å². The van der Waals surface area contributed by atoms with Crippen LogP contribution in [-0.4, -0.2) is 16.1 Å². The Morgan fingerprint density at radius 3 is 3.00 bits per heavy atom. The van der Waals surface area contributed by atoms with Gasteiger partial charge in [-0.05, 0) is 34.7 Å². The van der Waals surface area contributed by atoms with Gasteiger partial charge in [0, 0.05) is 0 Å². The molecule has 1 heterocycles. The first-order valence-corrected chi connectivity index (χ1v) is 6.06. The van der Waals surface area contributed by atoms with Gasteiger partial charge < -0.3 is 4.42 Å². The van der Waals surface area contributed by atoms with Gasteiger partial charge in [0.1, 0.15) is 5.52 Å². The Kier molecular flexibility index (Phi) is 2.87. The SMILES string of the molecule is O=C(CBr)c1nc2cccc(I)c2o1. The standard InChI is InChI=1S/C9H5BrINO2/c10-4-7(13)9-12-6-3-1-2-5(11)8(6)14-9/h1-3H,4H2. The monoisotopic (exact) mass is 365 g/mol. The van der Waals surface area contributed by atoms with Crippen molar-refractivity contribution in [2.75, 3.05) is 5.33 Å². The molecular formula is C9H5BrINO2. The third kappa shape index (κ3) is 1.70. The maximum Gasteiger partial charge on any atom is 0.265 e. The fourth-order valence-electron chi connectivity index (χ4n) is 1.09. The first kappa shape index (κ1) is 10.1. The summed E-state index contributed by atoms with van der Waals surface area (Å²) in [7, 11) is 0. The Bertz CT molecular complexity index is 495. The number of hydrogen-bond donors (Lipinski definition) is 0. The molecule has 1 aromatic heterocycles. The molecule has 1 aromatic carbocycles. The average molecular weight is 366 g/mol. The van der Waals surface area contributed by atoms with Gasteiger partial charge in [-0.25, -0.2) is 4.98 Å². The molecule has 5 heteroatoms. The lowest BCUT2D eigenvalue weighted by Gasteiger charge is -1.88. The predicted molar refractivity (Wildman–Crippen MR) is 64.9 cm³/mol. The van der Waals surface area contributed by atoms with E-state index in [0.29, 0.717) is 5.58 Å². The number of para-hydroxylation sites is 1. The molecule has 0 saturated heterocycles. The molecule has 0 spiro atoms. The number of aromatic nitrogens is 1. The van der Waals surface area contributed by atoms with Crippen LogP contribution in [0.15, 0.2) is 22.6 Å². The largest absolute Gasteiger partial charge is 0.433 e. The molecule has 0 aliphatic heterocycles. The van der Waals surface area contributed by atoms with Crippen LogP contribution >= 0.6 is 38.5 Å². The Labute approximate surface area is 102 Å². The van der Waals surface area contributed by atoms with E-state index in [1.807, 2.05) is 18.2 Å². The minimum atomic E-state index is -0.142. The van der Waals surface area contributed by atoms with Gasteiger partial charge in [-0.2, -0.15) is 0 Å². The highest BCUT2D eigenvalue weighted by molar-refractivity contribution is 14.1. The summed E-state index contributed by atoms with van der Waals surface area (Å²) in [4.78, 5) is 15.4. The minimum Gasteiger partial charge on any atom is -0.433 e. The third-order valence-corrected chi connectivity index (χ3v) is 3.09. The molecule has 2 rings (SSSR count). The number of carbonyl (C=O) groups is 1. The molecule has 0 bridgehead atoms. The summed E-state index contributed by atoms with van der Waals surface area (Å²) in [5, 5.41) is 0.233. The first-order valence-electron chi connectivity index (χ1n) is 3.86. The molecule has 2 aromatic rings. The smallest absolute Gasteiger partial charge is 0.265 e. The average Bonchev–Trinajstić information content (AvgIpc) is 2.62. The second kappa shape index (κ2) is 3.98. The van der Waals surface area contributed by atoms with Crippen molar-refractivity contribution in [3.05, 3.63) is 27.7 Å². The number of oxazole rings is 1. The van der Waals surface area contributed by atoms with Gasteiger partial charge in [-0.15, -0.1) is 0 Å². The zero-order valence-electron chi connectivity index (χ0n) is 6.96. The molecule has 72 valence electrons. The van der Waals surface area contributed by atoms with E-state index in [9.17, 15) is 4.79 Å². The number of carbonyl (C=O) groups excluding carboxylic acids is 1. The van der Waals surface area contributed by atoms with Crippen molar-refractivity contribution in [2.24, 2.45) is 0 Å². The molecule has 0 aliphatic rings. The van der Waals surface area contributed by atoms with E-state index in [4.69, 9.17) is 4.42 Å². The minimum absolute atomic E-state index is 0.142. The van der Waals surface area contributed by atoms with Crippen LogP contribution in [0.25, 0.3) is 11.1 Å². The summed E-state index contributed by atoms with van der Waals surface area (Å²) in [5.74, 6) is 0.0259. The Hall–Kier alpha value is -0.430. The van der Waals surface area contributed by atoms with Gasteiger partial charge >= 0.3 is 0 Å². The Morgan fingerprint density at radius 1 is 1.57 bits per heavy atom. The van der Waals surface area contributed by atoms with Crippen LogP contribution in [0.4, 0.5) is 0 Å². The quantitative estimate of drug-likeness (QED) is 0.466. The van der Waals surface area contributed by atoms with Crippen molar-refractivity contribution in [1.29, 1.82) is 0 Å². The van der Waals surface area contributed by atoms with Gasteiger partial charge in [-0.3, -0.25) is 4.79 Å². The molecule has 14 heavy (non-hydrogen) atoms. The number of ketones is 1. The first-order chi connectivity index (χ1) is 6.72. The summed E-state index contributed by atoms with van der Waals surface area (Å²) in [6.07, 6.45) is 0. The summed E-state index contributed by atoms with van der Waals surface area (Å²) in [6, 6.07) is 5.62. The van der Waals surface area contributed by atoms with Gasteiger partial charge in [0.25, 0.3) is 5.89 Å². The van der Waals surface area contributed by atoms with Crippen LogP contribution in [0.5, 0.6) is 0 Å². The second-order valence-corrected chi connectivity index (χ2v) is 4.39. The molecule has 0 radical (unpaired) electrons. The van der Waals surface area contributed by atoms with Crippen molar-refractivity contribution >= 4 is 55.4 Å². The topological polar surface area (TPSA) is 43.1 Å². The number of hydrogen-bond acceptors (Lipinski definition) is 3. The summed E-state index contributed by atoms with van der Waals surface area (Å²) in [6.45, 7) is 0. The molecule has 3 nitrogen and oxygen atoms in total. The van der Waals surface area contributed by atoms with Crippen LogP contribution in [-0.2, 0) is 0 Å². The summed E-state index contributed by atoms with van der Waals surface area (Å²) in [5.41, 5.74) is 1.40. The summed E-state index contributed by atoms with van der Waals surface area (Å²) >= 11 is 5.23. The van der Waals surface area contributed by atoms with E-state index in [-0.39, 0.29) is 17.0 Å². The highest BCUT2D eigenvalue weighted by atomic mass is 127. The van der Waals surface area contributed by atoms with E-state index in [0.717, 1.165) is 9.09 Å². The third-order valence-electron chi connectivity index (χ3n) is 1.73. The van der Waals surface area contributed by atoms with E-state index < -0.39 is 0 Å². The highest BCUT2D eigenvalue weighted by Gasteiger charge is 2.13.